The zero-order valence-electron chi connectivity index (χ0n) is 15.3. The minimum absolute atomic E-state index is 0. The Morgan fingerprint density at radius 1 is 1.21 bits per heavy atom. The molecule has 1 aliphatic rings. The van der Waals surface area contributed by atoms with Gasteiger partial charge in [-0.15, -0.1) is 24.0 Å². The average Bonchev–Trinajstić information content (AvgIpc) is 2.80. The molecule has 24 heavy (non-hydrogen) atoms. The number of halogens is 1. The van der Waals surface area contributed by atoms with Crippen LogP contribution in [0, 0.1) is 13.8 Å². The molecule has 0 unspecified atom stereocenters. The van der Waals surface area contributed by atoms with Crippen LogP contribution >= 0.6 is 24.0 Å². The lowest BCUT2D eigenvalue weighted by Gasteiger charge is -2.26. The predicted octanol–water partition coefficient (Wildman–Crippen LogP) is 0.695. The molecular weight excluding hydrogens is 419 g/mol. The highest BCUT2D eigenvalue weighted by Gasteiger charge is 2.10. The monoisotopic (exact) mass is 450 g/mol. The van der Waals surface area contributed by atoms with Gasteiger partial charge < -0.3 is 15.4 Å². The fourth-order valence-electron chi connectivity index (χ4n) is 2.86. The summed E-state index contributed by atoms with van der Waals surface area (Å²) in [6.07, 6.45) is 0.954. The minimum atomic E-state index is 0. The van der Waals surface area contributed by atoms with Crippen LogP contribution in [0.3, 0.4) is 0 Å². The van der Waals surface area contributed by atoms with Crippen LogP contribution in [0.15, 0.2) is 4.99 Å². The van der Waals surface area contributed by atoms with E-state index in [-0.39, 0.29) is 24.0 Å². The van der Waals surface area contributed by atoms with Crippen molar-refractivity contribution in [3.05, 3.63) is 17.0 Å². The largest absolute Gasteiger partial charge is 0.379 e. The number of hydrogen-bond donors (Lipinski definition) is 2. The number of aromatic nitrogens is 2. The van der Waals surface area contributed by atoms with E-state index in [1.807, 2.05) is 18.8 Å². The van der Waals surface area contributed by atoms with Crippen molar-refractivity contribution in [1.82, 2.24) is 25.3 Å². The number of aliphatic imine (C=N–C) groups is 1. The first-order chi connectivity index (χ1) is 11.1. The Morgan fingerprint density at radius 3 is 2.46 bits per heavy atom. The van der Waals surface area contributed by atoms with Crippen molar-refractivity contribution in [3.63, 3.8) is 0 Å². The van der Waals surface area contributed by atoms with Crippen LogP contribution in [0.25, 0.3) is 0 Å². The van der Waals surface area contributed by atoms with E-state index in [9.17, 15) is 0 Å². The summed E-state index contributed by atoms with van der Waals surface area (Å²) in [6.45, 7) is 10.7. The topological polar surface area (TPSA) is 66.7 Å². The maximum Gasteiger partial charge on any atom is 0.191 e. The molecule has 0 radical (unpaired) electrons. The lowest BCUT2D eigenvalue weighted by molar-refractivity contribution is 0.0389. The van der Waals surface area contributed by atoms with Crippen LogP contribution in [0.2, 0.25) is 0 Å². The zero-order valence-corrected chi connectivity index (χ0v) is 17.6. The lowest BCUT2D eigenvalue weighted by Crippen LogP contribution is -2.44. The van der Waals surface area contributed by atoms with Crippen molar-refractivity contribution in [3.8, 4) is 0 Å². The van der Waals surface area contributed by atoms with Crippen LogP contribution in [-0.2, 0) is 18.2 Å². The van der Waals surface area contributed by atoms with Gasteiger partial charge in [-0.2, -0.15) is 5.10 Å². The third kappa shape index (κ3) is 6.21. The van der Waals surface area contributed by atoms with Crippen LogP contribution in [0.5, 0.6) is 0 Å². The number of guanidine groups is 1. The van der Waals surface area contributed by atoms with E-state index in [1.165, 1.54) is 11.3 Å². The lowest BCUT2D eigenvalue weighted by atomic mass is 10.1. The Labute approximate surface area is 162 Å². The molecule has 0 bridgehead atoms. The van der Waals surface area contributed by atoms with E-state index in [2.05, 4.69) is 39.5 Å². The first kappa shape index (κ1) is 21.2. The molecule has 2 heterocycles. The van der Waals surface area contributed by atoms with Crippen molar-refractivity contribution in [2.24, 2.45) is 12.0 Å². The molecule has 7 nitrogen and oxygen atoms in total. The molecule has 2 N–H and O–H groups in total. The van der Waals surface area contributed by atoms with Gasteiger partial charge >= 0.3 is 0 Å². The number of ether oxygens (including phenoxy) is 1. The second kappa shape index (κ2) is 10.9. The quantitative estimate of drug-likeness (QED) is 0.380. The van der Waals surface area contributed by atoms with E-state index in [1.54, 1.807) is 0 Å². The fraction of sp³-hybridized carbons (Fsp3) is 0.750. The molecule has 1 aromatic heterocycles. The summed E-state index contributed by atoms with van der Waals surface area (Å²) in [6, 6.07) is 0. The SMILES string of the molecule is CN=C(NCCc1c(C)nn(C)c1C)NCCN1CCOCC1.I. The van der Waals surface area contributed by atoms with Gasteiger partial charge in [-0.3, -0.25) is 14.6 Å². The molecule has 8 heteroatoms. The van der Waals surface area contributed by atoms with Crippen LogP contribution < -0.4 is 10.6 Å². The summed E-state index contributed by atoms with van der Waals surface area (Å²) in [5.41, 5.74) is 3.67. The number of nitrogens with one attached hydrogen (secondary N) is 2. The Morgan fingerprint density at radius 2 is 1.88 bits per heavy atom. The summed E-state index contributed by atoms with van der Waals surface area (Å²) in [7, 11) is 3.80. The third-order valence-electron chi connectivity index (χ3n) is 4.37. The maximum atomic E-state index is 5.36. The highest BCUT2D eigenvalue weighted by molar-refractivity contribution is 14.0. The second-order valence-corrected chi connectivity index (χ2v) is 5.90. The van der Waals surface area contributed by atoms with Crippen LogP contribution in [-0.4, -0.2) is 73.6 Å². The molecule has 1 fully saturated rings. The van der Waals surface area contributed by atoms with Crippen LogP contribution in [0.1, 0.15) is 17.0 Å². The Balaban J connectivity index is 0.00000288. The third-order valence-corrected chi connectivity index (χ3v) is 4.37. The average molecular weight is 450 g/mol. The van der Waals surface area contributed by atoms with Gasteiger partial charge in [0.1, 0.15) is 0 Å². The molecule has 0 atom stereocenters. The highest BCUT2D eigenvalue weighted by Crippen LogP contribution is 2.11. The van der Waals surface area contributed by atoms with Crippen molar-refractivity contribution in [2.75, 3.05) is 53.0 Å². The Bertz CT molecular complexity index is 525. The molecule has 2 rings (SSSR count). The highest BCUT2D eigenvalue weighted by atomic mass is 127. The molecule has 0 amide bonds. The predicted molar refractivity (Wildman–Crippen MR) is 108 cm³/mol. The van der Waals surface area contributed by atoms with Gasteiger partial charge in [0.25, 0.3) is 0 Å². The molecule has 1 aliphatic heterocycles. The standard InChI is InChI=1S/C16H30N6O.HI/c1-13-15(14(2)21(4)20-13)5-6-18-16(17-3)19-7-8-22-9-11-23-12-10-22;/h5-12H2,1-4H3,(H2,17,18,19);1H. The molecule has 138 valence electrons. The van der Waals surface area contributed by atoms with Gasteiger partial charge in [0.2, 0.25) is 0 Å². The number of hydrogen-bond acceptors (Lipinski definition) is 4. The minimum Gasteiger partial charge on any atom is -0.379 e. The number of nitrogens with zero attached hydrogens (tertiary/aromatic N) is 4. The van der Waals surface area contributed by atoms with E-state index < -0.39 is 0 Å². The Kier molecular flexibility index (Phi) is 9.60. The molecule has 0 aromatic carbocycles. The van der Waals surface area contributed by atoms with Crippen molar-refractivity contribution in [2.45, 2.75) is 20.3 Å². The smallest absolute Gasteiger partial charge is 0.191 e. The number of morpholine rings is 1. The van der Waals surface area contributed by atoms with Crippen molar-refractivity contribution in [1.29, 1.82) is 0 Å². The van der Waals surface area contributed by atoms with Gasteiger partial charge in [0, 0.05) is 52.5 Å². The molecular formula is C16H31IN6O. The van der Waals surface area contributed by atoms with Gasteiger partial charge in [-0.1, -0.05) is 0 Å². The summed E-state index contributed by atoms with van der Waals surface area (Å²) < 4.78 is 7.30. The van der Waals surface area contributed by atoms with E-state index in [0.29, 0.717) is 0 Å². The first-order valence-corrected chi connectivity index (χ1v) is 8.35. The van der Waals surface area contributed by atoms with Crippen molar-refractivity contribution >= 4 is 29.9 Å². The summed E-state index contributed by atoms with van der Waals surface area (Å²) in [4.78, 5) is 6.69. The maximum absolute atomic E-state index is 5.36. The van der Waals surface area contributed by atoms with E-state index in [0.717, 1.165) is 64.0 Å². The van der Waals surface area contributed by atoms with E-state index in [4.69, 9.17) is 4.74 Å². The molecule has 1 saturated heterocycles. The van der Waals surface area contributed by atoms with Gasteiger partial charge in [0.05, 0.1) is 18.9 Å². The molecule has 0 spiro atoms. The Hall–Kier alpha value is -0.870. The molecule has 0 saturated carbocycles. The van der Waals surface area contributed by atoms with E-state index >= 15 is 0 Å². The van der Waals surface area contributed by atoms with Crippen molar-refractivity contribution < 1.29 is 4.74 Å². The summed E-state index contributed by atoms with van der Waals surface area (Å²) in [5, 5.41) is 11.2. The number of rotatable bonds is 6. The fourth-order valence-corrected chi connectivity index (χ4v) is 2.86. The van der Waals surface area contributed by atoms with Gasteiger partial charge in [0.15, 0.2) is 5.96 Å². The zero-order chi connectivity index (χ0) is 16.7. The number of aryl methyl sites for hydroxylation is 2. The normalized spacial score (nSPS) is 15.9. The summed E-state index contributed by atoms with van der Waals surface area (Å²) >= 11 is 0. The first-order valence-electron chi connectivity index (χ1n) is 8.35. The molecule has 0 aliphatic carbocycles. The van der Waals surface area contributed by atoms with Gasteiger partial charge in [-0.05, 0) is 25.8 Å². The van der Waals surface area contributed by atoms with Crippen LogP contribution in [0.4, 0.5) is 0 Å². The second-order valence-electron chi connectivity index (χ2n) is 5.90. The van der Waals surface area contributed by atoms with Gasteiger partial charge in [-0.25, -0.2) is 0 Å². The molecule has 1 aromatic rings. The summed E-state index contributed by atoms with van der Waals surface area (Å²) in [5.74, 6) is 0.859.